The highest BCUT2D eigenvalue weighted by molar-refractivity contribution is 4.91. The van der Waals surface area contributed by atoms with Gasteiger partial charge in [0.1, 0.15) is 0 Å². The topological polar surface area (TPSA) is 93.3 Å². The first-order valence-corrected chi connectivity index (χ1v) is 5.75. The normalized spacial score (nSPS) is 29.8. The molecule has 7 N–H and O–H groups in total. The van der Waals surface area contributed by atoms with E-state index in [1.807, 2.05) is 6.92 Å². The van der Waals surface area contributed by atoms with Crippen LogP contribution in [0.3, 0.4) is 0 Å². The van der Waals surface area contributed by atoms with Gasteiger partial charge in [-0.3, -0.25) is 4.90 Å². The van der Waals surface area contributed by atoms with Crippen molar-refractivity contribution in [2.45, 2.75) is 38.0 Å². The van der Waals surface area contributed by atoms with E-state index in [0.29, 0.717) is 18.6 Å². The number of hydrogen-bond acceptors (Lipinski definition) is 5. The molecule has 90 valence electrons. The van der Waals surface area contributed by atoms with E-state index in [0.717, 1.165) is 19.6 Å². The van der Waals surface area contributed by atoms with Crippen molar-refractivity contribution in [1.29, 1.82) is 0 Å². The summed E-state index contributed by atoms with van der Waals surface area (Å²) in [5.74, 6) is 0. The molecule has 0 saturated carbocycles. The molecule has 1 aliphatic heterocycles. The van der Waals surface area contributed by atoms with Gasteiger partial charge in [0.2, 0.25) is 0 Å². The molecular weight excluding hydrogens is 190 g/mol. The smallest absolute Gasteiger partial charge is 0.0373 e. The van der Waals surface area contributed by atoms with Gasteiger partial charge >= 0.3 is 0 Å². The first-order valence-electron chi connectivity index (χ1n) is 5.75. The van der Waals surface area contributed by atoms with Crippen LogP contribution in [0.15, 0.2) is 0 Å². The Morgan fingerprint density at radius 1 is 1.40 bits per heavy atom. The van der Waals surface area contributed by atoms with Gasteiger partial charge in [-0.1, -0.05) is 0 Å². The van der Waals surface area contributed by atoms with Gasteiger partial charge in [0.05, 0.1) is 0 Å². The SMILES string of the molecule is CC(N)C1CNCCN1C(C)C(N)CN. The molecule has 1 aliphatic rings. The van der Waals surface area contributed by atoms with E-state index in [-0.39, 0.29) is 12.1 Å². The molecule has 1 fully saturated rings. The van der Waals surface area contributed by atoms with Crippen molar-refractivity contribution in [1.82, 2.24) is 10.2 Å². The summed E-state index contributed by atoms with van der Waals surface area (Å²) < 4.78 is 0. The van der Waals surface area contributed by atoms with Crippen molar-refractivity contribution in [3.05, 3.63) is 0 Å². The van der Waals surface area contributed by atoms with Crippen LogP contribution in [0.4, 0.5) is 0 Å². The highest BCUT2D eigenvalue weighted by Crippen LogP contribution is 2.12. The molecule has 1 rings (SSSR count). The Morgan fingerprint density at radius 2 is 2.07 bits per heavy atom. The van der Waals surface area contributed by atoms with Gasteiger partial charge in [-0.05, 0) is 13.8 Å². The molecule has 1 saturated heterocycles. The molecule has 0 aromatic heterocycles. The van der Waals surface area contributed by atoms with E-state index >= 15 is 0 Å². The number of hydrogen-bond donors (Lipinski definition) is 4. The third-order valence-corrected chi connectivity index (χ3v) is 3.35. The van der Waals surface area contributed by atoms with E-state index < -0.39 is 0 Å². The zero-order chi connectivity index (χ0) is 11.4. The van der Waals surface area contributed by atoms with Crippen LogP contribution in [-0.4, -0.2) is 55.2 Å². The van der Waals surface area contributed by atoms with E-state index in [1.165, 1.54) is 0 Å². The van der Waals surface area contributed by atoms with Gasteiger partial charge < -0.3 is 22.5 Å². The summed E-state index contributed by atoms with van der Waals surface area (Å²) in [5, 5.41) is 3.36. The van der Waals surface area contributed by atoms with Crippen LogP contribution in [-0.2, 0) is 0 Å². The summed E-state index contributed by atoms with van der Waals surface area (Å²) in [6, 6.07) is 0.856. The molecule has 0 spiro atoms. The fraction of sp³-hybridized carbons (Fsp3) is 1.00. The van der Waals surface area contributed by atoms with Gasteiger partial charge in [0.15, 0.2) is 0 Å². The molecule has 0 amide bonds. The van der Waals surface area contributed by atoms with E-state index in [9.17, 15) is 0 Å². The monoisotopic (exact) mass is 215 g/mol. The van der Waals surface area contributed by atoms with Gasteiger partial charge in [-0.15, -0.1) is 0 Å². The number of nitrogens with two attached hydrogens (primary N) is 3. The summed E-state index contributed by atoms with van der Waals surface area (Å²) in [5.41, 5.74) is 17.6. The molecule has 0 aromatic rings. The minimum atomic E-state index is 0.0318. The number of rotatable bonds is 4. The molecular formula is C10H25N5. The van der Waals surface area contributed by atoms with Crippen LogP contribution >= 0.6 is 0 Å². The Morgan fingerprint density at radius 3 is 2.60 bits per heavy atom. The van der Waals surface area contributed by atoms with Crippen LogP contribution < -0.4 is 22.5 Å². The number of piperazine rings is 1. The summed E-state index contributed by atoms with van der Waals surface area (Å²) in [4.78, 5) is 2.39. The van der Waals surface area contributed by atoms with Crippen LogP contribution in [0.2, 0.25) is 0 Å². The van der Waals surface area contributed by atoms with Crippen molar-refractivity contribution in [3.8, 4) is 0 Å². The second-order valence-corrected chi connectivity index (χ2v) is 4.51. The minimum absolute atomic E-state index is 0.0318. The molecule has 0 radical (unpaired) electrons. The lowest BCUT2D eigenvalue weighted by Gasteiger charge is -2.43. The molecule has 0 aromatic carbocycles. The Kier molecular flexibility index (Phi) is 4.95. The lowest BCUT2D eigenvalue weighted by atomic mass is 10.0. The highest BCUT2D eigenvalue weighted by Gasteiger charge is 2.30. The summed E-state index contributed by atoms with van der Waals surface area (Å²) >= 11 is 0. The minimum Gasteiger partial charge on any atom is -0.329 e. The average molecular weight is 215 g/mol. The van der Waals surface area contributed by atoms with Crippen molar-refractivity contribution >= 4 is 0 Å². The standard InChI is InChI=1S/C10H25N5/c1-7(12)10-6-14-3-4-15(10)8(2)9(13)5-11/h7-10,14H,3-6,11-13H2,1-2H3. The fourth-order valence-electron chi connectivity index (χ4n) is 2.18. The quantitative estimate of drug-likeness (QED) is 0.448. The zero-order valence-electron chi connectivity index (χ0n) is 9.82. The maximum absolute atomic E-state index is 5.98. The van der Waals surface area contributed by atoms with Gasteiger partial charge in [-0.2, -0.15) is 0 Å². The second-order valence-electron chi connectivity index (χ2n) is 4.51. The zero-order valence-corrected chi connectivity index (χ0v) is 9.82. The summed E-state index contributed by atoms with van der Waals surface area (Å²) in [7, 11) is 0. The van der Waals surface area contributed by atoms with Gasteiger partial charge in [-0.25, -0.2) is 0 Å². The van der Waals surface area contributed by atoms with Crippen molar-refractivity contribution in [2.75, 3.05) is 26.2 Å². The Labute approximate surface area is 92.3 Å². The fourth-order valence-corrected chi connectivity index (χ4v) is 2.18. The maximum Gasteiger partial charge on any atom is 0.0373 e. The lowest BCUT2D eigenvalue weighted by Crippen LogP contribution is -2.64. The third kappa shape index (κ3) is 3.12. The molecule has 1 heterocycles. The highest BCUT2D eigenvalue weighted by atomic mass is 15.3. The number of nitrogens with one attached hydrogen (secondary N) is 1. The molecule has 15 heavy (non-hydrogen) atoms. The largest absolute Gasteiger partial charge is 0.329 e. The first kappa shape index (κ1) is 12.9. The molecule has 5 heteroatoms. The summed E-state index contributed by atoms with van der Waals surface area (Å²) in [6.07, 6.45) is 0. The van der Waals surface area contributed by atoms with E-state index in [2.05, 4.69) is 17.1 Å². The van der Waals surface area contributed by atoms with Crippen LogP contribution in [0, 0.1) is 0 Å². The van der Waals surface area contributed by atoms with E-state index in [4.69, 9.17) is 17.2 Å². The first-order chi connectivity index (χ1) is 7.07. The van der Waals surface area contributed by atoms with E-state index in [1.54, 1.807) is 0 Å². The molecule has 0 bridgehead atoms. The Balaban J connectivity index is 2.62. The average Bonchev–Trinajstić information content (AvgIpc) is 2.27. The third-order valence-electron chi connectivity index (χ3n) is 3.35. The molecule has 4 unspecified atom stereocenters. The Bertz CT molecular complexity index is 185. The second kappa shape index (κ2) is 5.77. The Hall–Kier alpha value is -0.200. The molecule has 5 nitrogen and oxygen atoms in total. The lowest BCUT2D eigenvalue weighted by molar-refractivity contribution is 0.0882. The maximum atomic E-state index is 5.98. The van der Waals surface area contributed by atoms with Crippen molar-refractivity contribution < 1.29 is 0 Å². The van der Waals surface area contributed by atoms with Gasteiger partial charge in [0.25, 0.3) is 0 Å². The predicted molar refractivity (Wildman–Crippen MR) is 63.5 cm³/mol. The van der Waals surface area contributed by atoms with Crippen molar-refractivity contribution in [3.63, 3.8) is 0 Å². The van der Waals surface area contributed by atoms with Crippen molar-refractivity contribution in [2.24, 2.45) is 17.2 Å². The van der Waals surface area contributed by atoms with Crippen LogP contribution in [0.5, 0.6) is 0 Å². The molecule has 0 aliphatic carbocycles. The number of nitrogens with zero attached hydrogens (tertiary/aromatic N) is 1. The van der Waals surface area contributed by atoms with Crippen LogP contribution in [0.1, 0.15) is 13.8 Å². The summed E-state index contributed by atoms with van der Waals surface area (Å²) in [6.45, 7) is 7.66. The molecule has 4 atom stereocenters. The predicted octanol–water partition coefficient (Wildman–Crippen LogP) is -1.72. The van der Waals surface area contributed by atoms with Gasteiger partial charge in [0, 0.05) is 50.3 Å². The van der Waals surface area contributed by atoms with Crippen LogP contribution in [0.25, 0.3) is 0 Å².